The number of piperidine rings is 1. The van der Waals surface area contributed by atoms with E-state index in [9.17, 15) is 13.2 Å². The molecule has 0 aromatic carbocycles. The number of carbonyl (C=O) groups excluding carboxylic acids is 1. The molecule has 144 valence electrons. The van der Waals surface area contributed by atoms with Crippen LogP contribution in [0.25, 0.3) is 0 Å². The number of nitrogens with zero attached hydrogens (tertiary/aromatic N) is 3. The topological polar surface area (TPSA) is 70.6 Å². The lowest BCUT2D eigenvalue weighted by Crippen LogP contribution is -2.53. The number of amides is 1. The van der Waals surface area contributed by atoms with Crippen molar-refractivity contribution in [2.24, 2.45) is 0 Å². The number of hydrogen-bond donors (Lipinski definition) is 0. The van der Waals surface area contributed by atoms with Crippen molar-refractivity contribution in [3.63, 3.8) is 0 Å². The number of thiophene rings is 1. The predicted octanol–water partition coefficient (Wildman–Crippen LogP) is 2.80. The van der Waals surface area contributed by atoms with Crippen LogP contribution in [0.1, 0.15) is 36.8 Å². The summed E-state index contributed by atoms with van der Waals surface area (Å²) in [7, 11) is -3.45. The lowest BCUT2D eigenvalue weighted by Gasteiger charge is -2.44. The van der Waals surface area contributed by atoms with Crippen molar-refractivity contribution >= 4 is 27.3 Å². The number of aryl methyl sites for hydroxylation is 1. The molecule has 0 atom stereocenters. The average Bonchev–Trinajstić information content (AvgIpc) is 3.23. The third-order valence-electron chi connectivity index (χ3n) is 5.78. The molecule has 0 unspecified atom stereocenters. The van der Waals surface area contributed by atoms with Crippen LogP contribution in [0.2, 0.25) is 0 Å². The van der Waals surface area contributed by atoms with Gasteiger partial charge in [-0.1, -0.05) is 6.07 Å². The standard InChI is InChI=1S/C19H23N3O3S2/c1-15-5-12-26-18(15)27(24,25)21-10-7-19(8-11-21)6-4-17(23)22(19)14-16-3-2-9-20-13-16/h2-3,5,9,12-13H,4,6-8,10-11,14H2,1H3. The molecule has 2 aromatic rings. The highest BCUT2D eigenvalue weighted by atomic mass is 32.2. The Bertz CT molecular complexity index is 932. The molecule has 2 fully saturated rings. The molecule has 8 heteroatoms. The fourth-order valence-electron chi connectivity index (χ4n) is 4.21. The zero-order valence-electron chi connectivity index (χ0n) is 15.3. The lowest BCUT2D eigenvalue weighted by atomic mass is 9.85. The van der Waals surface area contributed by atoms with E-state index in [-0.39, 0.29) is 11.4 Å². The van der Waals surface area contributed by atoms with Crippen molar-refractivity contribution in [3.05, 3.63) is 47.1 Å². The van der Waals surface area contributed by atoms with Gasteiger partial charge >= 0.3 is 0 Å². The maximum atomic E-state index is 13.0. The molecule has 2 aliphatic rings. The van der Waals surface area contributed by atoms with Gasteiger partial charge in [-0.25, -0.2) is 8.42 Å². The average molecular weight is 406 g/mol. The van der Waals surface area contributed by atoms with Crippen molar-refractivity contribution < 1.29 is 13.2 Å². The second-order valence-corrected chi connectivity index (χ2v) is 10.4. The summed E-state index contributed by atoms with van der Waals surface area (Å²) in [6.07, 6.45) is 6.22. The van der Waals surface area contributed by atoms with E-state index < -0.39 is 10.0 Å². The molecule has 4 heterocycles. The van der Waals surface area contributed by atoms with E-state index in [4.69, 9.17) is 0 Å². The third kappa shape index (κ3) is 3.30. The van der Waals surface area contributed by atoms with Gasteiger partial charge in [-0.2, -0.15) is 4.31 Å². The summed E-state index contributed by atoms with van der Waals surface area (Å²) in [5, 5.41) is 1.82. The number of hydrogen-bond acceptors (Lipinski definition) is 5. The molecule has 2 saturated heterocycles. The molecule has 0 saturated carbocycles. The zero-order chi connectivity index (χ0) is 19.1. The van der Waals surface area contributed by atoms with Crippen LogP contribution < -0.4 is 0 Å². The summed E-state index contributed by atoms with van der Waals surface area (Å²) < 4.78 is 27.9. The van der Waals surface area contributed by atoms with E-state index in [1.54, 1.807) is 16.7 Å². The summed E-state index contributed by atoms with van der Waals surface area (Å²) in [5.74, 6) is 0.157. The molecule has 0 bridgehead atoms. The molecule has 1 spiro atoms. The largest absolute Gasteiger partial charge is 0.333 e. The van der Waals surface area contributed by atoms with Gasteiger partial charge in [0.2, 0.25) is 5.91 Å². The SMILES string of the molecule is Cc1ccsc1S(=O)(=O)N1CCC2(CCC(=O)N2Cc2cccnc2)CC1. The number of likely N-dealkylation sites (tertiary alicyclic amines) is 1. The number of rotatable bonds is 4. The van der Waals surface area contributed by atoms with E-state index in [0.29, 0.717) is 43.1 Å². The first-order valence-corrected chi connectivity index (χ1v) is 11.5. The second-order valence-electron chi connectivity index (χ2n) is 7.36. The maximum Gasteiger partial charge on any atom is 0.252 e. The van der Waals surface area contributed by atoms with Gasteiger partial charge in [-0.15, -0.1) is 11.3 Å². The normalized spacial score (nSPS) is 20.5. The quantitative estimate of drug-likeness (QED) is 0.784. The predicted molar refractivity (Wildman–Crippen MR) is 104 cm³/mol. The molecule has 0 radical (unpaired) electrons. The Morgan fingerprint density at radius 2 is 2.00 bits per heavy atom. The molecule has 27 heavy (non-hydrogen) atoms. The zero-order valence-corrected chi connectivity index (χ0v) is 16.9. The Morgan fingerprint density at radius 3 is 2.63 bits per heavy atom. The van der Waals surface area contributed by atoms with Crippen LogP contribution in [0.15, 0.2) is 40.2 Å². The highest BCUT2D eigenvalue weighted by Gasteiger charge is 2.48. The van der Waals surface area contributed by atoms with Crippen molar-refractivity contribution in [1.29, 1.82) is 0 Å². The van der Waals surface area contributed by atoms with Gasteiger partial charge < -0.3 is 4.90 Å². The number of aromatic nitrogens is 1. The molecule has 4 rings (SSSR count). The van der Waals surface area contributed by atoms with Crippen LogP contribution in [-0.4, -0.2) is 47.1 Å². The highest BCUT2D eigenvalue weighted by Crippen LogP contribution is 2.41. The summed E-state index contributed by atoms with van der Waals surface area (Å²) in [4.78, 5) is 18.6. The fraction of sp³-hybridized carbons (Fsp3) is 0.474. The second kappa shape index (κ2) is 7.00. The minimum absolute atomic E-state index is 0.157. The van der Waals surface area contributed by atoms with Gasteiger partial charge in [0.1, 0.15) is 4.21 Å². The first kappa shape index (κ1) is 18.6. The molecule has 2 aliphatic heterocycles. The van der Waals surface area contributed by atoms with Gasteiger partial charge in [0.05, 0.1) is 0 Å². The summed E-state index contributed by atoms with van der Waals surface area (Å²) in [6, 6.07) is 5.70. The lowest BCUT2D eigenvalue weighted by molar-refractivity contribution is -0.133. The van der Waals surface area contributed by atoms with Crippen molar-refractivity contribution in [2.45, 2.75) is 48.9 Å². The van der Waals surface area contributed by atoms with Crippen LogP contribution in [0, 0.1) is 6.92 Å². The minimum Gasteiger partial charge on any atom is -0.333 e. The molecule has 0 aliphatic carbocycles. The fourth-order valence-corrected chi connectivity index (χ4v) is 7.20. The first-order valence-electron chi connectivity index (χ1n) is 9.16. The van der Waals surface area contributed by atoms with Crippen molar-refractivity contribution in [3.8, 4) is 0 Å². The van der Waals surface area contributed by atoms with Crippen molar-refractivity contribution in [2.75, 3.05) is 13.1 Å². The molecule has 6 nitrogen and oxygen atoms in total. The van der Waals surface area contributed by atoms with Crippen LogP contribution in [-0.2, 0) is 21.4 Å². The van der Waals surface area contributed by atoms with Crippen LogP contribution in [0.5, 0.6) is 0 Å². The Morgan fingerprint density at radius 1 is 1.22 bits per heavy atom. The van der Waals surface area contributed by atoms with E-state index in [1.165, 1.54) is 11.3 Å². The smallest absolute Gasteiger partial charge is 0.252 e. The van der Waals surface area contributed by atoms with Crippen molar-refractivity contribution in [1.82, 2.24) is 14.2 Å². The van der Waals surface area contributed by atoms with Crippen LogP contribution in [0.4, 0.5) is 0 Å². The third-order valence-corrected chi connectivity index (χ3v) is 9.35. The molecule has 2 aromatic heterocycles. The number of carbonyl (C=O) groups is 1. The minimum atomic E-state index is -3.45. The van der Waals surface area contributed by atoms with E-state index in [0.717, 1.165) is 17.5 Å². The number of sulfonamides is 1. The Labute approximate surface area is 163 Å². The maximum absolute atomic E-state index is 13.0. The van der Waals surface area contributed by atoms with E-state index >= 15 is 0 Å². The summed E-state index contributed by atoms with van der Waals surface area (Å²) in [5.41, 5.74) is 1.58. The van der Waals surface area contributed by atoms with Gasteiger partial charge in [0.25, 0.3) is 10.0 Å². The van der Waals surface area contributed by atoms with E-state index in [1.807, 2.05) is 35.4 Å². The van der Waals surface area contributed by atoms with E-state index in [2.05, 4.69) is 4.98 Å². The highest BCUT2D eigenvalue weighted by molar-refractivity contribution is 7.91. The first-order chi connectivity index (χ1) is 12.9. The monoisotopic (exact) mass is 405 g/mol. The summed E-state index contributed by atoms with van der Waals surface area (Å²) in [6.45, 7) is 3.29. The molecular weight excluding hydrogens is 382 g/mol. The van der Waals surface area contributed by atoms with Crippen LogP contribution in [0.3, 0.4) is 0 Å². The summed E-state index contributed by atoms with van der Waals surface area (Å²) >= 11 is 1.28. The Hall–Kier alpha value is -1.77. The number of pyridine rings is 1. The van der Waals surface area contributed by atoms with Gasteiger partial charge in [0.15, 0.2) is 0 Å². The Balaban J connectivity index is 1.52. The molecule has 1 amide bonds. The Kier molecular flexibility index (Phi) is 4.82. The van der Waals surface area contributed by atoms with Gasteiger partial charge in [-0.3, -0.25) is 9.78 Å². The van der Waals surface area contributed by atoms with Gasteiger partial charge in [-0.05, 0) is 54.8 Å². The molecule has 0 N–H and O–H groups in total. The van der Waals surface area contributed by atoms with Gasteiger partial charge in [0, 0.05) is 44.0 Å². The van der Waals surface area contributed by atoms with Crippen LogP contribution >= 0.6 is 11.3 Å². The molecular formula is C19H23N3O3S2.